The van der Waals surface area contributed by atoms with Gasteiger partial charge in [0.25, 0.3) is 5.91 Å². The molecule has 0 saturated carbocycles. The second-order valence-electron chi connectivity index (χ2n) is 5.91. The zero-order valence-electron chi connectivity index (χ0n) is 12.3. The van der Waals surface area contributed by atoms with E-state index in [1.807, 2.05) is 30.9 Å². The number of hydrogen-bond acceptors (Lipinski definition) is 1. The number of hydrogen-bond donors (Lipinski definition) is 0. The second kappa shape index (κ2) is 6.03. The lowest BCUT2D eigenvalue weighted by Crippen LogP contribution is -2.30. The van der Waals surface area contributed by atoms with Gasteiger partial charge in [0, 0.05) is 18.7 Å². The van der Waals surface area contributed by atoms with E-state index in [1.165, 1.54) is 5.56 Å². The largest absolute Gasteiger partial charge is 0.339 e. The van der Waals surface area contributed by atoms with Crippen LogP contribution in [0.2, 0.25) is 0 Å². The van der Waals surface area contributed by atoms with Crippen molar-refractivity contribution in [3.8, 4) is 0 Å². The molecular formula is C16H25NO. The van der Waals surface area contributed by atoms with E-state index in [1.54, 1.807) is 0 Å². The first-order valence-corrected chi connectivity index (χ1v) is 6.75. The van der Waals surface area contributed by atoms with E-state index in [0.29, 0.717) is 0 Å². The van der Waals surface area contributed by atoms with Crippen LogP contribution in [0.25, 0.3) is 0 Å². The van der Waals surface area contributed by atoms with Crippen molar-refractivity contribution in [2.24, 2.45) is 5.41 Å². The van der Waals surface area contributed by atoms with E-state index in [-0.39, 0.29) is 11.3 Å². The summed E-state index contributed by atoms with van der Waals surface area (Å²) in [7, 11) is 0. The first kappa shape index (κ1) is 14.7. The lowest BCUT2D eigenvalue weighted by Gasteiger charge is -2.20. The van der Waals surface area contributed by atoms with Crippen LogP contribution < -0.4 is 0 Å². The Bertz CT molecular complexity index is 383. The van der Waals surface area contributed by atoms with E-state index < -0.39 is 0 Å². The zero-order chi connectivity index (χ0) is 13.8. The number of carbonyl (C=O) groups is 1. The Morgan fingerprint density at radius 1 is 1.06 bits per heavy atom. The highest BCUT2D eigenvalue weighted by Crippen LogP contribution is 2.20. The van der Waals surface area contributed by atoms with Crippen molar-refractivity contribution in [3.05, 3.63) is 35.4 Å². The van der Waals surface area contributed by atoms with Gasteiger partial charge in [-0.2, -0.15) is 0 Å². The first-order chi connectivity index (χ1) is 8.37. The molecule has 2 heteroatoms. The minimum absolute atomic E-state index is 0.127. The maximum atomic E-state index is 12.1. The van der Waals surface area contributed by atoms with Gasteiger partial charge in [0.15, 0.2) is 0 Å². The molecule has 0 spiro atoms. The Labute approximate surface area is 111 Å². The van der Waals surface area contributed by atoms with Crippen LogP contribution in [0.3, 0.4) is 0 Å². The van der Waals surface area contributed by atoms with Crippen LogP contribution in [0, 0.1) is 5.41 Å². The quantitative estimate of drug-likeness (QED) is 0.793. The molecule has 0 radical (unpaired) electrons. The average molecular weight is 247 g/mol. The van der Waals surface area contributed by atoms with E-state index >= 15 is 0 Å². The predicted octanol–water partition coefficient (Wildman–Crippen LogP) is 3.76. The molecule has 0 N–H and O–H groups in total. The molecule has 0 saturated heterocycles. The molecule has 0 unspecified atom stereocenters. The van der Waals surface area contributed by atoms with Crippen LogP contribution in [0.4, 0.5) is 0 Å². The number of carbonyl (C=O) groups excluding carboxylic acids is 1. The van der Waals surface area contributed by atoms with Crippen LogP contribution in [0.1, 0.15) is 50.5 Å². The molecule has 1 aromatic rings. The maximum absolute atomic E-state index is 12.1. The van der Waals surface area contributed by atoms with Gasteiger partial charge in [-0.05, 0) is 43.4 Å². The summed E-state index contributed by atoms with van der Waals surface area (Å²) in [6.45, 7) is 12.2. The molecular weight excluding hydrogens is 222 g/mol. The molecule has 0 fully saturated rings. The third kappa shape index (κ3) is 4.17. The first-order valence-electron chi connectivity index (χ1n) is 6.75. The molecule has 0 atom stereocenters. The fourth-order valence-electron chi connectivity index (χ4n) is 2.07. The standard InChI is InChI=1S/C16H25NO/c1-6-17(7-2)15(18)14-10-8-13(9-11-14)12-16(3,4)5/h8-11H,6-7,12H2,1-5H3. The van der Waals surface area contributed by atoms with Crippen LogP contribution in [0.5, 0.6) is 0 Å². The summed E-state index contributed by atoms with van der Waals surface area (Å²) in [5.41, 5.74) is 2.36. The predicted molar refractivity (Wildman–Crippen MR) is 76.9 cm³/mol. The lowest BCUT2D eigenvalue weighted by atomic mass is 9.88. The third-order valence-electron chi connectivity index (χ3n) is 2.99. The topological polar surface area (TPSA) is 20.3 Å². The summed E-state index contributed by atoms with van der Waals surface area (Å²) < 4.78 is 0. The van der Waals surface area contributed by atoms with Crippen molar-refractivity contribution < 1.29 is 4.79 Å². The van der Waals surface area contributed by atoms with E-state index in [0.717, 1.165) is 25.1 Å². The Hall–Kier alpha value is -1.31. The fraction of sp³-hybridized carbons (Fsp3) is 0.562. The summed E-state index contributed by atoms with van der Waals surface area (Å²) in [5.74, 6) is 0.127. The van der Waals surface area contributed by atoms with Crippen molar-refractivity contribution in [1.82, 2.24) is 4.90 Å². The van der Waals surface area contributed by atoms with Gasteiger partial charge in [0.2, 0.25) is 0 Å². The normalized spacial score (nSPS) is 11.4. The molecule has 0 aliphatic heterocycles. The molecule has 1 rings (SSSR count). The SMILES string of the molecule is CCN(CC)C(=O)c1ccc(CC(C)(C)C)cc1. The van der Waals surface area contributed by atoms with Gasteiger partial charge >= 0.3 is 0 Å². The van der Waals surface area contributed by atoms with E-state index in [4.69, 9.17) is 0 Å². The van der Waals surface area contributed by atoms with E-state index in [2.05, 4.69) is 32.9 Å². The Balaban J connectivity index is 2.79. The maximum Gasteiger partial charge on any atom is 0.253 e. The van der Waals surface area contributed by atoms with Gasteiger partial charge in [0.05, 0.1) is 0 Å². The Morgan fingerprint density at radius 2 is 1.56 bits per heavy atom. The fourth-order valence-corrected chi connectivity index (χ4v) is 2.07. The van der Waals surface area contributed by atoms with Crippen LogP contribution in [-0.4, -0.2) is 23.9 Å². The van der Waals surface area contributed by atoms with Crippen LogP contribution in [-0.2, 0) is 6.42 Å². The molecule has 2 nitrogen and oxygen atoms in total. The lowest BCUT2D eigenvalue weighted by molar-refractivity contribution is 0.0773. The number of amides is 1. The van der Waals surface area contributed by atoms with Gasteiger partial charge in [-0.15, -0.1) is 0 Å². The van der Waals surface area contributed by atoms with Crippen molar-refractivity contribution in [2.45, 2.75) is 41.0 Å². The highest BCUT2D eigenvalue weighted by atomic mass is 16.2. The monoisotopic (exact) mass is 247 g/mol. The summed E-state index contributed by atoms with van der Waals surface area (Å²) in [6, 6.07) is 8.04. The smallest absolute Gasteiger partial charge is 0.253 e. The summed E-state index contributed by atoms with van der Waals surface area (Å²) in [4.78, 5) is 14.0. The number of benzene rings is 1. The minimum Gasteiger partial charge on any atom is -0.339 e. The van der Waals surface area contributed by atoms with Crippen LogP contribution in [0.15, 0.2) is 24.3 Å². The molecule has 0 aromatic heterocycles. The highest BCUT2D eigenvalue weighted by molar-refractivity contribution is 5.94. The van der Waals surface area contributed by atoms with Gasteiger partial charge in [0.1, 0.15) is 0 Å². The molecule has 0 bridgehead atoms. The summed E-state index contributed by atoms with van der Waals surface area (Å²) in [6.07, 6.45) is 1.03. The highest BCUT2D eigenvalue weighted by Gasteiger charge is 2.14. The van der Waals surface area contributed by atoms with Crippen molar-refractivity contribution in [2.75, 3.05) is 13.1 Å². The minimum atomic E-state index is 0.127. The van der Waals surface area contributed by atoms with Crippen molar-refractivity contribution in [3.63, 3.8) is 0 Å². The van der Waals surface area contributed by atoms with Crippen LogP contribution >= 0.6 is 0 Å². The second-order valence-corrected chi connectivity index (χ2v) is 5.91. The number of rotatable bonds is 4. The average Bonchev–Trinajstić information content (AvgIpc) is 2.29. The molecule has 18 heavy (non-hydrogen) atoms. The Morgan fingerprint density at radius 3 is 1.94 bits per heavy atom. The molecule has 1 aromatic carbocycles. The van der Waals surface area contributed by atoms with Gasteiger partial charge < -0.3 is 4.90 Å². The molecule has 0 heterocycles. The molecule has 0 aliphatic rings. The van der Waals surface area contributed by atoms with E-state index in [9.17, 15) is 4.79 Å². The molecule has 0 aliphatic carbocycles. The van der Waals surface area contributed by atoms with Crippen molar-refractivity contribution in [1.29, 1.82) is 0 Å². The van der Waals surface area contributed by atoms with Gasteiger partial charge in [-0.3, -0.25) is 4.79 Å². The third-order valence-corrected chi connectivity index (χ3v) is 2.99. The number of nitrogens with zero attached hydrogens (tertiary/aromatic N) is 1. The van der Waals surface area contributed by atoms with Crippen molar-refractivity contribution >= 4 is 5.91 Å². The molecule has 1 amide bonds. The molecule has 100 valence electrons. The van der Waals surface area contributed by atoms with Gasteiger partial charge in [-0.25, -0.2) is 0 Å². The Kier molecular flexibility index (Phi) is 4.94. The summed E-state index contributed by atoms with van der Waals surface area (Å²) >= 11 is 0. The zero-order valence-corrected chi connectivity index (χ0v) is 12.3. The van der Waals surface area contributed by atoms with Gasteiger partial charge in [-0.1, -0.05) is 32.9 Å². The summed E-state index contributed by atoms with van der Waals surface area (Å²) in [5, 5.41) is 0.